The third-order valence-corrected chi connectivity index (χ3v) is 10.7. The van der Waals surface area contributed by atoms with Crippen LogP contribution in [0.4, 0.5) is 0 Å². The molecule has 0 radical (unpaired) electrons. The lowest BCUT2D eigenvalue weighted by Crippen LogP contribution is -2.57. The summed E-state index contributed by atoms with van der Waals surface area (Å²) in [5.74, 6) is -3.50. The van der Waals surface area contributed by atoms with Gasteiger partial charge in [0.1, 0.15) is 18.2 Å². The molecule has 3 saturated heterocycles. The number of unbranched alkanes of at least 4 members (excludes halogenated alkanes) is 1. The summed E-state index contributed by atoms with van der Waals surface area (Å²) in [6.07, 6.45) is 5.20. The standard InChI is InChI=1S/C38H46BrN3O7/c1-4-7-19-30(44)48-24-28(25-15-11-9-12-16-25)40-35(45)31-32-36(46)42(29(23-43)26-17-13-10-14-18-26)34(38(32)22-27(39)33(31)49-38)37(47)41(20-6-3)21-8-5-2/h4,6,9-18,27-29,31-34,43H,1,3,5,7-8,19-24H2,2H3,(H,40,45)/t27?,28-,29-,31+,32-,33+,34+,38-/m1/s1. The zero-order valence-corrected chi connectivity index (χ0v) is 29.5. The number of hydrogen-bond donors (Lipinski definition) is 2. The second-order valence-corrected chi connectivity index (χ2v) is 14.1. The maximum Gasteiger partial charge on any atom is 0.306 e. The van der Waals surface area contributed by atoms with Crippen molar-refractivity contribution < 1.29 is 33.8 Å². The Kier molecular flexibility index (Phi) is 12.1. The first-order valence-corrected chi connectivity index (χ1v) is 17.9. The van der Waals surface area contributed by atoms with Gasteiger partial charge >= 0.3 is 5.97 Å². The van der Waals surface area contributed by atoms with Crippen LogP contribution in [0, 0.1) is 11.8 Å². The highest BCUT2D eigenvalue weighted by atomic mass is 79.9. The van der Waals surface area contributed by atoms with E-state index in [2.05, 4.69) is 34.4 Å². The zero-order chi connectivity index (χ0) is 35.1. The number of esters is 1. The molecule has 3 fully saturated rings. The molecule has 3 heterocycles. The van der Waals surface area contributed by atoms with Crippen molar-refractivity contribution in [1.29, 1.82) is 0 Å². The Morgan fingerprint density at radius 3 is 2.41 bits per heavy atom. The molecule has 1 unspecified atom stereocenters. The number of fused-ring (bicyclic) bond motifs is 1. The van der Waals surface area contributed by atoms with Crippen LogP contribution >= 0.6 is 15.9 Å². The largest absolute Gasteiger partial charge is 0.463 e. The molecule has 3 aliphatic rings. The Balaban J connectivity index is 1.52. The molecule has 2 N–H and O–H groups in total. The number of rotatable bonds is 17. The minimum atomic E-state index is -1.32. The molecular formula is C38H46BrN3O7. The van der Waals surface area contributed by atoms with Crippen molar-refractivity contribution in [2.24, 2.45) is 11.8 Å². The lowest BCUT2D eigenvalue weighted by Gasteiger charge is -2.39. The van der Waals surface area contributed by atoms with Crippen molar-refractivity contribution in [3.8, 4) is 0 Å². The number of nitrogens with zero attached hydrogens (tertiary/aromatic N) is 2. The number of amides is 3. The molecule has 2 aromatic carbocycles. The number of ether oxygens (including phenoxy) is 2. The predicted molar refractivity (Wildman–Crippen MR) is 188 cm³/mol. The average molecular weight is 737 g/mol. The fourth-order valence-electron chi connectivity index (χ4n) is 7.62. The highest BCUT2D eigenvalue weighted by molar-refractivity contribution is 9.09. The van der Waals surface area contributed by atoms with E-state index in [1.54, 1.807) is 17.1 Å². The first-order chi connectivity index (χ1) is 23.7. The van der Waals surface area contributed by atoms with Gasteiger partial charge in [-0.05, 0) is 30.4 Å². The Labute approximate surface area is 296 Å². The summed E-state index contributed by atoms with van der Waals surface area (Å²) in [6, 6.07) is 15.7. The molecule has 2 bridgehead atoms. The van der Waals surface area contributed by atoms with Crippen LogP contribution in [-0.2, 0) is 28.7 Å². The first kappa shape index (κ1) is 36.5. The molecule has 0 aliphatic carbocycles. The van der Waals surface area contributed by atoms with Gasteiger partial charge in [-0.1, -0.05) is 102 Å². The molecule has 1 spiro atoms. The molecule has 11 heteroatoms. The summed E-state index contributed by atoms with van der Waals surface area (Å²) in [7, 11) is 0. The van der Waals surface area contributed by atoms with Crippen molar-refractivity contribution >= 4 is 39.6 Å². The van der Waals surface area contributed by atoms with E-state index in [4.69, 9.17) is 9.47 Å². The number of allylic oxidation sites excluding steroid dienone is 1. The van der Waals surface area contributed by atoms with Gasteiger partial charge in [0.2, 0.25) is 17.7 Å². The second kappa shape index (κ2) is 16.3. The zero-order valence-electron chi connectivity index (χ0n) is 27.9. The van der Waals surface area contributed by atoms with E-state index in [0.717, 1.165) is 18.4 Å². The Morgan fingerprint density at radius 2 is 1.80 bits per heavy atom. The summed E-state index contributed by atoms with van der Waals surface area (Å²) in [5.41, 5.74) is 0.0847. The van der Waals surface area contributed by atoms with E-state index in [0.29, 0.717) is 24.9 Å². The summed E-state index contributed by atoms with van der Waals surface area (Å²) in [4.78, 5) is 59.2. The van der Waals surface area contributed by atoms with Crippen LogP contribution in [0.25, 0.3) is 0 Å². The van der Waals surface area contributed by atoms with Crippen molar-refractivity contribution in [3.63, 3.8) is 0 Å². The molecule has 3 aliphatic heterocycles. The molecule has 3 amide bonds. The fourth-order valence-corrected chi connectivity index (χ4v) is 8.57. The predicted octanol–water partition coefficient (Wildman–Crippen LogP) is 4.65. The molecule has 5 rings (SSSR count). The van der Waals surface area contributed by atoms with Gasteiger partial charge in [-0.15, -0.1) is 13.2 Å². The Morgan fingerprint density at radius 1 is 1.12 bits per heavy atom. The molecule has 8 atom stereocenters. The highest BCUT2D eigenvalue weighted by Crippen LogP contribution is 2.61. The minimum absolute atomic E-state index is 0.104. The number of alkyl halides is 1. The van der Waals surface area contributed by atoms with E-state index in [1.807, 2.05) is 67.6 Å². The number of halogens is 1. The van der Waals surface area contributed by atoms with Gasteiger partial charge in [-0.25, -0.2) is 0 Å². The van der Waals surface area contributed by atoms with Crippen molar-refractivity contribution in [2.75, 3.05) is 26.3 Å². The van der Waals surface area contributed by atoms with Gasteiger partial charge in [-0.3, -0.25) is 19.2 Å². The summed E-state index contributed by atoms with van der Waals surface area (Å²) in [5, 5.41) is 13.9. The Bertz CT molecular complexity index is 1510. The third kappa shape index (κ3) is 7.25. The van der Waals surface area contributed by atoms with Crippen LogP contribution in [0.5, 0.6) is 0 Å². The van der Waals surface area contributed by atoms with Gasteiger partial charge in [0.15, 0.2) is 0 Å². The monoisotopic (exact) mass is 735 g/mol. The number of carbonyl (C=O) groups excluding carboxylic acids is 4. The average Bonchev–Trinajstić information content (AvgIpc) is 3.71. The molecule has 2 aromatic rings. The minimum Gasteiger partial charge on any atom is -0.463 e. The molecule has 10 nitrogen and oxygen atoms in total. The lowest BCUT2D eigenvalue weighted by molar-refractivity contribution is -0.151. The van der Waals surface area contributed by atoms with Crippen LogP contribution in [0.2, 0.25) is 0 Å². The van der Waals surface area contributed by atoms with Gasteiger partial charge in [0.05, 0.1) is 36.6 Å². The van der Waals surface area contributed by atoms with Crippen LogP contribution in [-0.4, -0.2) is 87.5 Å². The van der Waals surface area contributed by atoms with Crippen molar-refractivity contribution in [1.82, 2.24) is 15.1 Å². The smallest absolute Gasteiger partial charge is 0.306 e. The fraction of sp³-hybridized carbons (Fsp3) is 0.474. The number of nitrogens with one attached hydrogen (secondary N) is 1. The van der Waals surface area contributed by atoms with Crippen LogP contribution < -0.4 is 5.32 Å². The van der Waals surface area contributed by atoms with Crippen LogP contribution in [0.15, 0.2) is 86.0 Å². The van der Waals surface area contributed by atoms with Gasteiger partial charge in [0, 0.05) is 24.3 Å². The van der Waals surface area contributed by atoms with Crippen LogP contribution in [0.1, 0.15) is 62.2 Å². The summed E-state index contributed by atoms with van der Waals surface area (Å²) >= 11 is 3.74. The number of likely N-dealkylation sites (tertiary alicyclic amines) is 1. The maximum atomic E-state index is 14.8. The number of benzene rings is 2. The summed E-state index contributed by atoms with van der Waals surface area (Å²) in [6.45, 7) is 9.76. The molecule has 262 valence electrons. The van der Waals surface area contributed by atoms with E-state index in [1.165, 1.54) is 4.90 Å². The van der Waals surface area contributed by atoms with Crippen molar-refractivity contribution in [3.05, 3.63) is 97.1 Å². The quantitative estimate of drug-likeness (QED) is 0.138. The van der Waals surface area contributed by atoms with Gasteiger partial charge in [0.25, 0.3) is 0 Å². The lowest BCUT2D eigenvalue weighted by atomic mass is 9.70. The number of aliphatic hydroxyl groups is 1. The molecule has 49 heavy (non-hydrogen) atoms. The molecular weight excluding hydrogens is 690 g/mol. The van der Waals surface area contributed by atoms with E-state index in [-0.39, 0.29) is 30.3 Å². The highest BCUT2D eigenvalue weighted by Gasteiger charge is 2.77. The van der Waals surface area contributed by atoms with E-state index in [9.17, 15) is 24.3 Å². The maximum absolute atomic E-state index is 14.8. The Hall–Kier alpha value is -3.80. The topological polar surface area (TPSA) is 125 Å². The van der Waals surface area contributed by atoms with Crippen LogP contribution in [0.3, 0.4) is 0 Å². The van der Waals surface area contributed by atoms with Gasteiger partial charge < -0.3 is 29.7 Å². The van der Waals surface area contributed by atoms with E-state index < -0.39 is 66.1 Å². The molecule has 0 saturated carbocycles. The number of carbonyl (C=O) groups is 4. The molecule has 0 aromatic heterocycles. The number of hydrogen-bond acceptors (Lipinski definition) is 7. The third-order valence-electron chi connectivity index (χ3n) is 9.88. The first-order valence-electron chi connectivity index (χ1n) is 17.0. The number of aliphatic hydroxyl groups excluding tert-OH is 1. The normalized spacial score (nSPS) is 26.5. The van der Waals surface area contributed by atoms with Gasteiger partial charge in [-0.2, -0.15) is 0 Å². The van der Waals surface area contributed by atoms with Crippen molar-refractivity contribution in [2.45, 2.75) is 73.7 Å². The van der Waals surface area contributed by atoms with E-state index >= 15 is 0 Å². The summed E-state index contributed by atoms with van der Waals surface area (Å²) < 4.78 is 12.3. The second-order valence-electron chi connectivity index (χ2n) is 12.9. The SMILES string of the molecule is C=CCCC(=O)OC[C@@H](NC(=O)[C@@H]1[C@H]2O[C@@]3(CC2Br)[C@H](C(=O)N(CC=C)CCCC)N([C@H](CO)c2ccccc2)C(=O)[C@@H]13)c1ccccc1.